The zero-order chi connectivity index (χ0) is 21.8. The summed E-state index contributed by atoms with van der Waals surface area (Å²) in [5, 5.41) is 0. The van der Waals surface area contributed by atoms with Crippen molar-refractivity contribution in [2.45, 2.75) is 50.4 Å². The minimum atomic E-state index is -1.16. The van der Waals surface area contributed by atoms with Gasteiger partial charge in [0.15, 0.2) is 11.9 Å². The number of rotatable bonds is 7. The lowest BCUT2D eigenvalue weighted by molar-refractivity contribution is -0.141. The van der Waals surface area contributed by atoms with E-state index < -0.39 is 5.60 Å². The topological polar surface area (TPSA) is 71.1 Å². The van der Waals surface area contributed by atoms with Crippen LogP contribution in [0, 0.1) is 0 Å². The molecule has 0 aliphatic carbocycles. The number of hydrogen-bond donors (Lipinski definition) is 0. The Morgan fingerprint density at radius 1 is 1.16 bits per heavy atom. The van der Waals surface area contributed by atoms with Crippen LogP contribution in [0.4, 0.5) is 0 Å². The molecule has 1 fully saturated rings. The van der Waals surface area contributed by atoms with Gasteiger partial charge >= 0.3 is 5.97 Å². The van der Waals surface area contributed by atoms with Crippen molar-refractivity contribution in [1.29, 1.82) is 0 Å². The standard InChI is InChI=1S/C24H25BrO6/c1-28-21(26)11-12-24(23(27)16-5-8-18(25)9-6-16)15-17-7-10-19(14-20(17)31-24)30-22-4-2-3-13-29-22/h5-10,14,22H,2-4,11-13,15H2,1H3. The number of carbonyl (C=O) groups excluding carboxylic acids is 2. The lowest BCUT2D eigenvalue weighted by atomic mass is 9.84. The van der Waals surface area contributed by atoms with Gasteiger partial charge < -0.3 is 18.9 Å². The molecule has 1 saturated heterocycles. The first-order valence-electron chi connectivity index (χ1n) is 10.5. The van der Waals surface area contributed by atoms with Crippen LogP contribution in [-0.2, 0) is 20.7 Å². The molecule has 164 valence electrons. The Hall–Kier alpha value is -2.38. The van der Waals surface area contributed by atoms with Gasteiger partial charge in [0.1, 0.15) is 11.5 Å². The van der Waals surface area contributed by atoms with Gasteiger partial charge in [0.25, 0.3) is 0 Å². The zero-order valence-corrected chi connectivity index (χ0v) is 19.0. The van der Waals surface area contributed by atoms with E-state index >= 15 is 0 Å². The Bertz CT molecular complexity index is 951. The third-order valence-electron chi connectivity index (χ3n) is 5.71. The summed E-state index contributed by atoms with van der Waals surface area (Å²) in [6, 6.07) is 12.8. The maximum absolute atomic E-state index is 13.5. The molecule has 0 N–H and O–H groups in total. The third-order valence-corrected chi connectivity index (χ3v) is 6.23. The molecule has 0 saturated carbocycles. The second-order valence-corrected chi connectivity index (χ2v) is 8.78. The summed E-state index contributed by atoms with van der Waals surface area (Å²) in [5.41, 5.74) is 0.282. The van der Waals surface area contributed by atoms with Crippen molar-refractivity contribution in [1.82, 2.24) is 0 Å². The smallest absolute Gasteiger partial charge is 0.305 e. The van der Waals surface area contributed by atoms with Crippen LogP contribution in [0.15, 0.2) is 46.9 Å². The number of Topliss-reactive ketones (excluding diaryl/α,β-unsaturated/α-hetero) is 1. The molecule has 2 aromatic carbocycles. The number of esters is 1. The Morgan fingerprint density at radius 3 is 2.68 bits per heavy atom. The van der Waals surface area contributed by atoms with Crippen LogP contribution < -0.4 is 9.47 Å². The van der Waals surface area contributed by atoms with Crippen LogP contribution in [0.1, 0.15) is 48.0 Å². The van der Waals surface area contributed by atoms with Gasteiger partial charge in [0.05, 0.1) is 13.7 Å². The van der Waals surface area contributed by atoms with Gasteiger partial charge in [-0.05, 0) is 36.6 Å². The molecule has 2 heterocycles. The highest BCUT2D eigenvalue weighted by molar-refractivity contribution is 9.10. The number of hydrogen-bond acceptors (Lipinski definition) is 6. The van der Waals surface area contributed by atoms with Crippen molar-refractivity contribution in [3.05, 3.63) is 58.1 Å². The van der Waals surface area contributed by atoms with Crippen molar-refractivity contribution in [3.8, 4) is 11.5 Å². The average Bonchev–Trinajstić information content (AvgIpc) is 3.17. The lowest BCUT2D eigenvalue weighted by Crippen LogP contribution is -2.44. The van der Waals surface area contributed by atoms with E-state index in [9.17, 15) is 9.59 Å². The molecule has 2 aromatic rings. The molecular weight excluding hydrogens is 464 g/mol. The first-order valence-corrected chi connectivity index (χ1v) is 11.3. The number of ketones is 1. The molecule has 7 heteroatoms. The van der Waals surface area contributed by atoms with Gasteiger partial charge in [-0.3, -0.25) is 9.59 Å². The van der Waals surface area contributed by atoms with Gasteiger partial charge in [0.2, 0.25) is 5.78 Å². The van der Waals surface area contributed by atoms with Crippen LogP contribution in [0.25, 0.3) is 0 Å². The highest BCUT2D eigenvalue weighted by Gasteiger charge is 2.46. The molecule has 2 aliphatic heterocycles. The van der Waals surface area contributed by atoms with E-state index in [-0.39, 0.29) is 30.9 Å². The van der Waals surface area contributed by atoms with Crippen molar-refractivity contribution in [3.63, 3.8) is 0 Å². The Morgan fingerprint density at radius 2 is 1.97 bits per heavy atom. The minimum absolute atomic E-state index is 0.0893. The molecule has 6 nitrogen and oxygen atoms in total. The molecule has 0 radical (unpaired) electrons. The van der Waals surface area contributed by atoms with E-state index in [0.29, 0.717) is 30.1 Å². The summed E-state index contributed by atoms with van der Waals surface area (Å²) in [6.45, 7) is 0.699. The van der Waals surface area contributed by atoms with Gasteiger partial charge in [-0.15, -0.1) is 0 Å². The number of fused-ring (bicyclic) bond motifs is 1. The van der Waals surface area contributed by atoms with Crippen LogP contribution in [-0.4, -0.2) is 37.4 Å². The highest BCUT2D eigenvalue weighted by atomic mass is 79.9. The van der Waals surface area contributed by atoms with Gasteiger partial charge in [0, 0.05) is 41.8 Å². The quantitative estimate of drug-likeness (QED) is 0.409. The largest absolute Gasteiger partial charge is 0.478 e. The maximum atomic E-state index is 13.5. The third kappa shape index (κ3) is 4.93. The summed E-state index contributed by atoms with van der Waals surface area (Å²) in [7, 11) is 1.34. The van der Waals surface area contributed by atoms with Gasteiger partial charge in [-0.25, -0.2) is 0 Å². The lowest BCUT2D eigenvalue weighted by Gasteiger charge is -2.27. The first-order chi connectivity index (χ1) is 15.0. The van der Waals surface area contributed by atoms with Crippen molar-refractivity contribution in [2.24, 2.45) is 0 Å². The first kappa shape index (κ1) is 21.8. The number of carbonyl (C=O) groups is 2. The molecule has 0 aromatic heterocycles. The SMILES string of the molecule is COC(=O)CCC1(C(=O)c2ccc(Br)cc2)Cc2ccc(OC3CCCCO3)cc2O1. The predicted octanol–water partition coefficient (Wildman–Crippen LogP) is 4.86. The molecule has 31 heavy (non-hydrogen) atoms. The van der Waals surface area contributed by atoms with E-state index in [0.717, 1.165) is 29.3 Å². The van der Waals surface area contributed by atoms with Gasteiger partial charge in [-0.2, -0.15) is 0 Å². The predicted molar refractivity (Wildman–Crippen MR) is 117 cm³/mol. The summed E-state index contributed by atoms with van der Waals surface area (Å²) in [5.74, 6) is 0.716. The maximum Gasteiger partial charge on any atom is 0.305 e. The average molecular weight is 489 g/mol. The summed E-state index contributed by atoms with van der Waals surface area (Å²) < 4.78 is 23.6. The fourth-order valence-corrected chi connectivity index (χ4v) is 4.27. The summed E-state index contributed by atoms with van der Waals surface area (Å²) in [6.07, 6.45) is 3.41. The Balaban J connectivity index is 1.58. The van der Waals surface area contributed by atoms with Gasteiger partial charge in [-0.1, -0.05) is 34.1 Å². The number of halogens is 1. The minimum Gasteiger partial charge on any atom is -0.478 e. The Kier molecular flexibility index (Phi) is 6.62. The molecule has 2 unspecified atom stereocenters. The fraction of sp³-hybridized carbons (Fsp3) is 0.417. The molecule has 0 spiro atoms. The van der Waals surface area contributed by atoms with E-state index in [1.165, 1.54) is 7.11 Å². The number of methoxy groups -OCH3 is 1. The van der Waals surface area contributed by atoms with Crippen molar-refractivity contribution < 1.29 is 28.5 Å². The molecular formula is C24H25BrO6. The summed E-state index contributed by atoms with van der Waals surface area (Å²) >= 11 is 3.39. The monoisotopic (exact) mass is 488 g/mol. The molecule has 4 rings (SSSR count). The molecule has 2 aliphatic rings. The van der Waals surface area contributed by atoms with Crippen molar-refractivity contribution >= 4 is 27.7 Å². The molecule has 2 atom stereocenters. The second kappa shape index (κ2) is 9.40. The van der Waals surface area contributed by atoms with E-state index in [4.69, 9.17) is 18.9 Å². The van der Waals surface area contributed by atoms with Crippen molar-refractivity contribution in [2.75, 3.05) is 13.7 Å². The van der Waals surface area contributed by atoms with Crippen LogP contribution >= 0.6 is 15.9 Å². The van der Waals surface area contributed by atoms with E-state index in [2.05, 4.69) is 15.9 Å². The molecule has 0 amide bonds. The second-order valence-electron chi connectivity index (χ2n) is 7.87. The van der Waals surface area contributed by atoms with Crippen LogP contribution in [0.2, 0.25) is 0 Å². The normalized spacial score (nSPS) is 22.3. The van der Waals surface area contributed by atoms with E-state index in [1.54, 1.807) is 12.1 Å². The Labute approximate surface area is 190 Å². The number of benzene rings is 2. The molecule has 0 bridgehead atoms. The van der Waals surface area contributed by atoms with E-state index in [1.807, 2.05) is 30.3 Å². The van der Waals surface area contributed by atoms with Crippen LogP contribution in [0.5, 0.6) is 11.5 Å². The summed E-state index contributed by atoms with van der Waals surface area (Å²) in [4.78, 5) is 25.3. The fourth-order valence-electron chi connectivity index (χ4n) is 4.01. The highest BCUT2D eigenvalue weighted by Crippen LogP contribution is 2.42. The zero-order valence-electron chi connectivity index (χ0n) is 17.4. The number of ether oxygens (including phenoxy) is 4. The van der Waals surface area contributed by atoms with Crippen LogP contribution in [0.3, 0.4) is 0 Å².